The first-order chi connectivity index (χ1) is 14.0. The molecule has 1 aromatic carbocycles. The maximum Gasteiger partial charge on any atom is 0.282 e. The van der Waals surface area contributed by atoms with Crippen molar-refractivity contribution in [2.24, 2.45) is 0 Å². The highest BCUT2D eigenvalue weighted by atomic mass is 35.5. The summed E-state index contributed by atoms with van der Waals surface area (Å²) in [5, 5.41) is 11.6. The number of imide groups is 1. The Hall–Kier alpha value is -2.19. The highest BCUT2D eigenvalue weighted by Crippen LogP contribution is 2.38. The normalized spacial score (nSPS) is 18.3. The van der Waals surface area contributed by atoms with E-state index in [1.165, 1.54) is 16.2 Å². The van der Waals surface area contributed by atoms with Gasteiger partial charge >= 0.3 is 0 Å². The fraction of sp³-hybridized carbons (Fsp3) is 0.333. The number of anilines is 1. The lowest BCUT2D eigenvalue weighted by Gasteiger charge is -2.36. The molecule has 1 fully saturated rings. The van der Waals surface area contributed by atoms with Crippen LogP contribution in [0.25, 0.3) is 5.57 Å². The number of hydrogen-bond donors (Lipinski definition) is 1. The molecule has 3 heterocycles. The van der Waals surface area contributed by atoms with Gasteiger partial charge < -0.3 is 10.0 Å². The fourth-order valence-corrected chi connectivity index (χ4v) is 4.76. The molecule has 0 saturated carbocycles. The second-order valence-corrected chi connectivity index (χ2v) is 8.51. The number of carbonyl (C=O) groups excluding carboxylic acids is 2. The quantitative estimate of drug-likeness (QED) is 0.737. The fourth-order valence-electron chi connectivity index (χ4n) is 3.83. The number of halogens is 1. The number of piperazine rings is 1. The van der Waals surface area contributed by atoms with Crippen LogP contribution in [0.5, 0.6) is 0 Å². The molecule has 6 nitrogen and oxygen atoms in total. The summed E-state index contributed by atoms with van der Waals surface area (Å²) in [5.74, 6) is -0.616. The standard InChI is InChI=1S/C21H22ClN3O3S/c1-14-4-5-15(22)13-16(14)25-20(27)18(17-3-2-12-29-17)19(21(25)28)24-8-6-23(7-9-24)10-11-26/h2-5,12-13,26H,6-11H2,1H3. The Kier molecular flexibility index (Phi) is 5.74. The van der Waals surface area contributed by atoms with Crippen molar-refractivity contribution in [3.05, 3.63) is 56.9 Å². The molecule has 29 heavy (non-hydrogen) atoms. The van der Waals surface area contributed by atoms with Crippen LogP contribution in [0.3, 0.4) is 0 Å². The van der Waals surface area contributed by atoms with Gasteiger partial charge in [-0.1, -0.05) is 23.7 Å². The van der Waals surface area contributed by atoms with E-state index in [2.05, 4.69) is 4.90 Å². The van der Waals surface area contributed by atoms with Crippen molar-refractivity contribution in [3.8, 4) is 0 Å². The Morgan fingerprint density at radius 3 is 2.52 bits per heavy atom. The average Bonchev–Trinajstić information content (AvgIpc) is 3.31. The van der Waals surface area contributed by atoms with E-state index >= 15 is 0 Å². The molecular formula is C21H22ClN3O3S. The maximum atomic E-state index is 13.5. The molecule has 0 atom stereocenters. The van der Waals surface area contributed by atoms with Crippen molar-refractivity contribution < 1.29 is 14.7 Å². The molecule has 0 radical (unpaired) electrons. The van der Waals surface area contributed by atoms with Gasteiger partial charge in [0, 0.05) is 42.6 Å². The number of thiophene rings is 1. The lowest BCUT2D eigenvalue weighted by Crippen LogP contribution is -2.48. The summed E-state index contributed by atoms with van der Waals surface area (Å²) in [5.41, 5.74) is 2.26. The molecule has 2 aromatic rings. The van der Waals surface area contributed by atoms with Gasteiger partial charge in [0.25, 0.3) is 11.8 Å². The van der Waals surface area contributed by atoms with Gasteiger partial charge in [-0.25, -0.2) is 4.90 Å². The summed E-state index contributed by atoms with van der Waals surface area (Å²) < 4.78 is 0. The van der Waals surface area contributed by atoms with Crippen molar-refractivity contribution in [2.75, 3.05) is 44.2 Å². The number of amides is 2. The highest BCUT2D eigenvalue weighted by molar-refractivity contribution is 7.11. The molecule has 0 bridgehead atoms. The first-order valence-corrected chi connectivity index (χ1v) is 10.8. The Labute approximate surface area is 178 Å². The predicted molar refractivity (Wildman–Crippen MR) is 115 cm³/mol. The van der Waals surface area contributed by atoms with Crippen LogP contribution in [0, 0.1) is 6.92 Å². The molecule has 8 heteroatoms. The van der Waals surface area contributed by atoms with Gasteiger partial charge in [-0.05, 0) is 36.1 Å². The number of hydrogen-bond acceptors (Lipinski definition) is 6. The highest BCUT2D eigenvalue weighted by Gasteiger charge is 2.43. The molecule has 2 amide bonds. The summed E-state index contributed by atoms with van der Waals surface area (Å²) >= 11 is 7.61. The van der Waals surface area contributed by atoms with Crippen molar-refractivity contribution >= 4 is 46.0 Å². The summed E-state index contributed by atoms with van der Waals surface area (Å²) in [4.78, 5) is 33.1. The van der Waals surface area contributed by atoms with Gasteiger partial charge in [0.15, 0.2) is 0 Å². The minimum absolute atomic E-state index is 0.113. The first-order valence-electron chi connectivity index (χ1n) is 9.52. The van der Waals surface area contributed by atoms with Gasteiger partial charge in [0.1, 0.15) is 5.70 Å². The molecule has 0 unspecified atom stereocenters. The Balaban J connectivity index is 1.73. The Bertz CT molecular complexity index is 966. The molecule has 2 aliphatic rings. The number of aryl methyl sites for hydroxylation is 1. The van der Waals surface area contributed by atoms with Crippen LogP contribution in [0.1, 0.15) is 10.4 Å². The number of aliphatic hydroxyl groups is 1. The van der Waals surface area contributed by atoms with Crippen molar-refractivity contribution in [3.63, 3.8) is 0 Å². The summed E-state index contributed by atoms with van der Waals surface area (Å²) in [6, 6.07) is 8.99. The zero-order valence-electron chi connectivity index (χ0n) is 16.1. The third kappa shape index (κ3) is 3.71. The van der Waals surface area contributed by atoms with Crippen LogP contribution in [0.2, 0.25) is 5.02 Å². The van der Waals surface area contributed by atoms with E-state index in [0.717, 1.165) is 23.5 Å². The van der Waals surface area contributed by atoms with E-state index in [4.69, 9.17) is 16.7 Å². The van der Waals surface area contributed by atoms with E-state index in [9.17, 15) is 9.59 Å². The molecule has 0 aliphatic carbocycles. The van der Waals surface area contributed by atoms with Crippen molar-refractivity contribution in [1.82, 2.24) is 9.80 Å². The third-order valence-corrected chi connectivity index (χ3v) is 6.47. The SMILES string of the molecule is Cc1ccc(Cl)cc1N1C(=O)C(c2cccs2)=C(N2CCN(CCO)CC2)C1=O. The average molecular weight is 432 g/mol. The van der Waals surface area contributed by atoms with Crippen LogP contribution in [-0.4, -0.2) is 66.1 Å². The van der Waals surface area contributed by atoms with Gasteiger partial charge in [0.05, 0.1) is 17.9 Å². The third-order valence-electron chi connectivity index (χ3n) is 5.34. The molecule has 1 N–H and O–H groups in total. The molecule has 4 rings (SSSR count). The zero-order valence-corrected chi connectivity index (χ0v) is 17.7. The minimum atomic E-state index is -0.310. The van der Waals surface area contributed by atoms with E-state index in [0.29, 0.717) is 41.6 Å². The molecule has 0 spiro atoms. The van der Waals surface area contributed by atoms with Gasteiger partial charge in [-0.3, -0.25) is 14.5 Å². The first kappa shape index (κ1) is 20.1. The number of rotatable bonds is 5. The van der Waals surface area contributed by atoms with Crippen LogP contribution in [0.4, 0.5) is 5.69 Å². The minimum Gasteiger partial charge on any atom is -0.395 e. The molecule has 1 saturated heterocycles. The molecular weight excluding hydrogens is 410 g/mol. The number of carbonyl (C=O) groups is 2. The Morgan fingerprint density at radius 1 is 1.10 bits per heavy atom. The van der Waals surface area contributed by atoms with Crippen LogP contribution >= 0.6 is 22.9 Å². The summed E-state index contributed by atoms with van der Waals surface area (Å²) in [6.45, 7) is 5.33. The van der Waals surface area contributed by atoms with Crippen LogP contribution in [-0.2, 0) is 9.59 Å². The van der Waals surface area contributed by atoms with Crippen molar-refractivity contribution in [1.29, 1.82) is 0 Å². The van der Waals surface area contributed by atoms with E-state index in [1.807, 2.05) is 35.4 Å². The van der Waals surface area contributed by atoms with Crippen LogP contribution in [0.15, 0.2) is 41.4 Å². The predicted octanol–water partition coefficient (Wildman–Crippen LogP) is 2.60. The lowest BCUT2D eigenvalue weighted by molar-refractivity contribution is -0.120. The second-order valence-electron chi connectivity index (χ2n) is 7.13. The number of benzene rings is 1. The molecule has 1 aromatic heterocycles. The topological polar surface area (TPSA) is 64.1 Å². The summed E-state index contributed by atoms with van der Waals surface area (Å²) in [6.07, 6.45) is 0. The van der Waals surface area contributed by atoms with Gasteiger partial charge in [-0.2, -0.15) is 0 Å². The maximum absolute atomic E-state index is 13.5. The molecule has 152 valence electrons. The number of aliphatic hydroxyl groups excluding tert-OH is 1. The Morgan fingerprint density at radius 2 is 1.86 bits per heavy atom. The van der Waals surface area contributed by atoms with Gasteiger partial charge in [-0.15, -0.1) is 11.3 Å². The van der Waals surface area contributed by atoms with Gasteiger partial charge in [0.2, 0.25) is 0 Å². The zero-order chi connectivity index (χ0) is 20.5. The van der Waals surface area contributed by atoms with E-state index in [1.54, 1.807) is 12.1 Å². The molecule has 2 aliphatic heterocycles. The van der Waals surface area contributed by atoms with Crippen molar-refractivity contribution in [2.45, 2.75) is 6.92 Å². The largest absolute Gasteiger partial charge is 0.395 e. The monoisotopic (exact) mass is 431 g/mol. The lowest BCUT2D eigenvalue weighted by atomic mass is 10.1. The number of β-amino-alcohol motifs (C(OH)–C–C–N with tert-alkyl or cyclic N) is 1. The van der Waals surface area contributed by atoms with E-state index in [-0.39, 0.29) is 18.4 Å². The second kappa shape index (κ2) is 8.28. The summed E-state index contributed by atoms with van der Waals surface area (Å²) in [7, 11) is 0. The van der Waals surface area contributed by atoms with Crippen LogP contribution < -0.4 is 4.90 Å². The number of nitrogens with zero attached hydrogens (tertiary/aromatic N) is 3. The smallest absolute Gasteiger partial charge is 0.282 e. The van der Waals surface area contributed by atoms with E-state index < -0.39 is 0 Å².